The van der Waals surface area contributed by atoms with E-state index >= 15 is 0 Å². The summed E-state index contributed by atoms with van der Waals surface area (Å²) >= 11 is 6.13. The van der Waals surface area contributed by atoms with Crippen LogP contribution < -0.4 is 10.6 Å². The first-order chi connectivity index (χ1) is 10.2. The molecule has 0 aliphatic heterocycles. The second-order valence-corrected chi connectivity index (χ2v) is 4.91. The van der Waals surface area contributed by atoms with Gasteiger partial charge in [0.15, 0.2) is 11.8 Å². The molecule has 0 saturated carbocycles. The van der Waals surface area contributed by atoms with E-state index in [9.17, 15) is 0 Å². The molecule has 8 heteroatoms. The van der Waals surface area contributed by atoms with Gasteiger partial charge in [-0.1, -0.05) is 29.8 Å². The molecule has 0 atom stereocenters. The van der Waals surface area contributed by atoms with E-state index in [4.69, 9.17) is 11.6 Å². The third-order valence-electron chi connectivity index (χ3n) is 2.93. The van der Waals surface area contributed by atoms with Gasteiger partial charge in [0.05, 0.1) is 13.1 Å². The van der Waals surface area contributed by atoms with E-state index in [-0.39, 0.29) is 24.0 Å². The molecule has 0 amide bonds. The number of aromatic nitrogens is 3. The molecule has 1 aromatic heterocycles. The maximum Gasteiger partial charge on any atom is 0.191 e. The zero-order valence-corrected chi connectivity index (χ0v) is 15.7. The number of rotatable bonds is 5. The quantitative estimate of drug-likeness (QED) is 0.431. The first kappa shape index (κ1) is 18.7. The van der Waals surface area contributed by atoms with Crippen LogP contribution >= 0.6 is 35.6 Å². The molecule has 0 radical (unpaired) electrons. The average molecular weight is 435 g/mol. The number of aliphatic imine (C=N–C) groups is 1. The van der Waals surface area contributed by atoms with Crippen LogP contribution in [0.1, 0.15) is 18.3 Å². The van der Waals surface area contributed by atoms with E-state index in [0.29, 0.717) is 13.1 Å². The van der Waals surface area contributed by atoms with Crippen molar-refractivity contribution >= 4 is 41.5 Å². The Kier molecular flexibility index (Phi) is 8.18. The number of hydrogen-bond donors (Lipinski definition) is 2. The van der Waals surface area contributed by atoms with Gasteiger partial charge in [0.1, 0.15) is 6.33 Å². The van der Waals surface area contributed by atoms with E-state index in [0.717, 1.165) is 28.9 Å². The van der Waals surface area contributed by atoms with Crippen molar-refractivity contribution in [2.75, 3.05) is 6.54 Å². The number of halogens is 2. The second-order valence-electron chi connectivity index (χ2n) is 4.50. The summed E-state index contributed by atoms with van der Waals surface area (Å²) in [6.07, 6.45) is 1.67. The molecule has 2 N–H and O–H groups in total. The van der Waals surface area contributed by atoms with Crippen molar-refractivity contribution < 1.29 is 0 Å². The van der Waals surface area contributed by atoms with Crippen molar-refractivity contribution in [2.45, 2.75) is 20.0 Å². The fraction of sp³-hybridized carbons (Fsp3) is 0.357. The predicted octanol–water partition coefficient (Wildman–Crippen LogP) is 2.34. The average Bonchev–Trinajstić information content (AvgIpc) is 2.89. The largest absolute Gasteiger partial charge is 0.357 e. The Morgan fingerprint density at radius 3 is 2.73 bits per heavy atom. The van der Waals surface area contributed by atoms with Crippen molar-refractivity contribution in [3.8, 4) is 0 Å². The van der Waals surface area contributed by atoms with E-state index < -0.39 is 0 Å². The fourth-order valence-corrected chi connectivity index (χ4v) is 1.96. The van der Waals surface area contributed by atoms with Crippen LogP contribution in [0, 0.1) is 0 Å². The number of aryl methyl sites for hydroxylation is 1. The van der Waals surface area contributed by atoms with Crippen LogP contribution in [0.5, 0.6) is 0 Å². The Balaban J connectivity index is 0.00000242. The van der Waals surface area contributed by atoms with Gasteiger partial charge in [-0.25, -0.2) is 4.99 Å². The summed E-state index contributed by atoms with van der Waals surface area (Å²) in [5.41, 5.74) is 0.995. The monoisotopic (exact) mass is 434 g/mol. The molecule has 1 heterocycles. The molecule has 0 spiro atoms. The third kappa shape index (κ3) is 5.45. The number of benzene rings is 1. The van der Waals surface area contributed by atoms with Gasteiger partial charge >= 0.3 is 0 Å². The number of guanidine groups is 1. The number of nitrogens with zero attached hydrogens (tertiary/aromatic N) is 4. The topological polar surface area (TPSA) is 67.1 Å². The van der Waals surface area contributed by atoms with Crippen LogP contribution in [-0.2, 0) is 20.1 Å². The predicted molar refractivity (Wildman–Crippen MR) is 99.5 cm³/mol. The van der Waals surface area contributed by atoms with E-state index in [2.05, 4.69) is 25.8 Å². The second kappa shape index (κ2) is 9.62. The van der Waals surface area contributed by atoms with E-state index in [1.54, 1.807) is 6.33 Å². The van der Waals surface area contributed by atoms with Crippen LogP contribution in [0.15, 0.2) is 35.6 Å². The zero-order valence-electron chi connectivity index (χ0n) is 12.6. The van der Waals surface area contributed by atoms with Crippen LogP contribution in [0.2, 0.25) is 5.02 Å². The van der Waals surface area contributed by atoms with Crippen molar-refractivity contribution in [1.29, 1.82) is 0 Å². The number of hydrogen-bond acceptors (Lipinski definition) is 3. The highest BCUT2D eigenvalue weighted by atomic mass is 127. The highest BCUT2D eigenvalue weighted by Gasteiger charge is 2.03. The molecule has 0 aliphatic carbocycles. The highest BCUT2D eigenvalue weighted by Crippen LogP contribution is 2.15. The zero-order chi connectivity index (χ0) is 15.1. The molecular formula is C14H20ClIN6. The lowest BCUT2D eigenvalue weighted by Gasteiger charge is -2.11. The first-order valence-corrected chi connectivity index (χ1v) is 7.17. The normalized spacial score (nSPS) is 11.0. The Hall–Kier alpha value is -1.35. The number of nitrogens with one attached hydrogen (secondary N) is 2. The van der Waals surface area contributed by atoms with Gasteiger partial charge in [-0.2, -0.15) is 0 Å². The van der Waals surface area contributed by atoms with Crippen LogP contribution in [-0.4, -0.2) is 27.3 Å². The minimum absolute atomic E-state index is 0. The maximum absolute atomic E-state index is 6.13. The Labute approximate surface area is 152 Å². The minimum Gasteiger partial charge on any atom is -0.357 e. The lowest BCUT2D eigenvalue weighted by Crippen LogP contribution is -2.37. The molecule has 0 aliphatic rings. The lowest BCUT2D eigenvalue weighted by atomic mass is 10.2. The molecule has 22 heavy (non-hydrogen) atoms. The lowest BCUT2D eigenvalue weighted by molar-refractivity contribution is 0.726. The van der Waals surface area contributed by atoms with Gasteiger partial charge in [0.2, 0.25) is 0 Å². The Morgan fingerprint density at radius 2 is 2.09 bits per heavy atom. The van der Waals surface area contributed by atoms with Crippen LogP contribution in [0.3, 0.4) is 0 Å². The summed E-state index contributed by atoms with van der Waals surface area (Å²) in [5.74, 6) is 1.57. The summed E-state index contributed by atoms with van der Waals surface area (Å²) < 4.78 is 1.87. The molecule has 6 nitrogen and oxygen atoms in total. The Morgan fingerprint density at radius 1 is 1.32 bits per heavy atom. The fourth-order valence-electron chi connectivity index (χ4n) is 1.76. The first-order valence-electron chi connectivity index (χ1n) is 6.79. The van der Waals surface area contributed by atoms with Gasteiger partial charge in [0.25, 0.3) is 0 Å². The van der Waals surface area contributed by atoms with Crippen molar-refractivity contribution in [2.24, 2.45) is 12.0 Å². The van der Waals surface area contributed by atoms with Gasteiger partial charge in [0, 0.05) is 18.6 Å². The molecule has 120 valence electrons. The highest BCUT2D eigenvalue weighted by molar-refractivity contribution is 14.0. The standard InChI is InChI=1S/C14H19ClN6.HI/c1-3-16-14(18-9-13-20-19-10-21(13)2)17-8-11-6-4-5-7-12(11)15;/h4-7,10H,3,8-9H2,1-2H3,(H2,16,17,18);1H. The van der Waals surface area contributed by atoms with Crippen LogP contribution in [0.25, 0.3) is 0 Å². The molecule has 0 fully saturated rings. The molecule has 0 saturated heterocycles. The van der Waals surface area contributed by atoms with Crippen molar-refractivity contribution in [3.05, 3.63) is 47.0 Å². The van der Waals surface area contributed by atoms with E-state index in [1.807, 2.05) is 42.8 Å². The summed E-state index contributed by atoms with van der Waals surface area (Å²) in [5, 5.41) is 15.0. The van der Waals surface area contributed by atoms with Gasteiger partial charge in [-0.15, -0.1) is 34.2 Å². The summed E-state index contributed by atoms with van der Waals surface area (Å²) in [7, 11) is 1.91. The van der Waals surface area contributed by atoms with Gasteiger partial charge in [-0.3, -0.25) is 0 Å². The Bertz CT molecular complexity index is 613. The molecule has 1 aromatic carbocycles. The van der Waals surface area contributed by atoms with Gasteiger partial charge in [-0.05, 0) is 18.6 Å². The SMILES string of the molecule is CCNC(=NCc1ccccc1Cl)NCc1nncn1C.I. The van der Waals surface area contributed by atoms with E-state index in [1.165, 1.54) is 0 Å². The van der Waals surface area contributed by atoms with Crippen molar-refractivity contribution in [3.63, 3.8) is 0 Å². The summed E-state index contributed by atoms with van der Waals surface area (Å²) in [4.78, 5) is 4.53. The van der Waals surface area contributed by atoms with Gasteiger partial charge < -0.3 is 15.2 Å². The smallest absolute Gasteiger partial charge is 0.191 e. The molecule has 2 rings (SSSR count). The molecule has 2 aromatic rings. The van der Waals surface area contributed by atoms with Crippen molar-refractivity contribution in [1.82, 2.24) is 25.4 Å². The molecule has 0 bridgehead atoms. The molecule has 0 unspecified atom stereocenters. The van der Waals surface area contributed by atoms with Crippen LogP contribution in [0.4, 0.5) is 0 Å². The summed E-state index contributed by atoms with van der Waals surface area (Å²) in [6.45, 7) is 3.89. The molecular weight excluding hydrogens is 415 g/mol. The summed E-state index contributed by atoms with van der Waals surface area (Å²) in [6, 6.07) is 7.70. The maximum atomic E-state index is 6.13. The minimum atomic E-state index is 0. The third-order valence-corrected chi connectivity index (χ3v) is 3.30.